The molecule has 3 rings (SSSR count). The van der Waals surface area contributed by atoms with Crippen LogP contribution in [-0.2, 0) is 30.3 Å². The Morgan fingerprint density at radius 3 is 2.36 bits per heavy atom. The molecule has 2 heterocycles. The average molecular weight is 548 g/mol. The van der Waals surface area contributed by atoms with Crippen molar-refractivity contribution in [2.24, 2.45) is 0 Å². The second-order valence-electron chi connectivity index (χ2n) is 12.0. The van der Waals surface area contributed by atoms with E-state index in [9.17, 15) is 9.90 Å². The van der Waals surface area contributed by atoms with Crippen LogP contribution in [0.1, 0.15) is 60.5 Å². The lowest BCUT2D eigenvalue weighted by Crippen LogP contribution is -2.59. The van der Waals surface area contributed by atoms with Gasteiger partial charge in [0, 0.05) is 6.42 Å². The van der Waals surface area contributed by atoms with Gasteiger partial charge in [0.25, 0.3) is 0 Å². The number of hydrogen-bond acceptors (Lipinski definition) is 8. The summed E-state index contributed by atoms with van der Waals surface area (Å²) in [6, 6.07) is 7.06. The van der Waals surface area contributed by atoms with E-state index in [2.05, 4.69) is 13.2 Å². The smallest absolute Gasteiger partial charge is 0.412 e. The van der Waals surface area contributed by atoms with E-state index in [1.54, 1.807) is 31.9 Å². The van der Waals surface area contributed by atoms with Crippen LogP contribution in [0.4, 0.5) is 4.79 Å². The fourth-order valence-electron chi connectivity index (χ4n) is 5.27. The molecule has 2 aliphatic rings. The zero-order valence-electron chi connectivity index (χ0n) is 24.6. The number of aliphatic hydroxyl groups excluding tert-OH is 1. The van der Waals surface area contributed by atoms with Crippen LogP contribution in [-0.4, -0.2) is 76.9 Å². The van der Waals surface area contributed by atoms with Gasteiger partial charge in [0.15, 0.2) is 5.79 Å². The Bertz CT molecular complexity index is 1010. The topological polar surface area (TPSA) is 95.9 Å². The summed E-state index contributed by atoms with van der Waals surface area (Å²) < 4.78 is 36.1. The Morgan fingerprint density at radius 1 is 1.18 bits per heavy atom. The van der Waals surface area contributed by atoms with Gasteiger partial charge in [-0.15, -0.1) is 13.2 Å². The molecule has 2 saturated heterocycles. The third kappa shape index (κ3) is 7.02. The second-order valence-corrected chi connectivity index (χ2v) is 12.0. The van der Waals surface area contributed by atoms with Crippen molar-refractivity contribution in [1.29, 1.82) is 0 Å². The minimum Gasteiger partial charge on any atom is -0.497 e. The van der Waals surface area contributed by atoms with Crippen molar-refractivity contribution in [2.45, 2.75) is 109 Å². The zero-order chi connectivity index (χ0) is 29.2. The van der Waals surface area contributed by atoms with Crippen LogP contribution in [0, 0.1) is 0 Å². The molecule has 0 bridgehead atoms. The van der Waals surface area contributed by atoms with Crippen LogP contribution in [0.15, 0.2) is 49.6 Å². The number of amides is 1. The maximum absolute atomic E-state index is 13.3. The number of carbonyl (C=O) groups is 1. The molecule has 0 radical (unpaired) electrons. The first kappa shape index (κ1) is 31.1. The third-order valence-corrected chi connectivity index (χ3v) is 6.90. The maximum Gasteiger partial charge on any atom is 0.412 e. The van der Waals surface area contributed by atoms with Crippen molar-refractivity contribution < 1.29 is 38.3 Å². The summed E-state index contributed by atoms with van der Waals surface area (Å²) in [6.45, 7) is 20.9. The number of hydrogen-bond donors (Lipinski definition) is 1. The van der Waals surface area contributed by atoms with Crippen molar-refractivity contribution in [2.75, 3.05) is 13.7 Å². The van der Waals surface area contributed by atoms with E-state index in [1.165, 1.54) is 6.08 Å². The van der Waals surface area contributed by atoms with E-state index in [0.29, 0.717) is 0 Å². The van der Waals surface area contributed by atoms with Crippen molar-refractivity contribution in [3.05, 3.63) is 55.1 Å². The first-order valence-electron chi connectivity index (χ1n) is 13.3. The Balaban J connectivity index is 1.94. The van der Waals surface area contributed by atoms with Crippen molar-refractivity contribution in [3.63, 3.8) is 0 Å². The van der Waals surface area contributed by atoms with Crippen molar-refractivity contribution >= 4 is 6.09 Å². The lowest BCUT2D eigenvalue weighted by Gasteiger charge is -2.42. The van der Waals surface area contributed by atoms with Gasteiger partial charge >= 0.3 is 6.09 Å². The quantitative estimate of drug-likeness (QED) is 0.411. The molecule has 2 fully saturated rings. The van der Waals surface area contributed by atoms with Gasteiger partial charge in [-0.3, -0.25) is 4.90 Å². The molecule has 0 unspecified atom stereocenters. The summed E-state index contributed by atoms with van der Waals surface area (Å²) >= 11 is 0. The minimum atomic E-state index is -1.33. The summed E-state index contributed by atoms with van der Waals surface area (Å²) in [5.74, 6) is -0.317. The van der Waals surface area contributed by atoms with Gasteiger partial charge in [-0.05, 0) is 66.2 Å². The molecule has 0 saturated carbocycles. The summed E-state index contributed by atoms with van der Waals surface area (Å²) in [5, 5.41) is 11.4. The monoisotopic (exact) mass is 547 g/mol. The number of rotatable bonds is 10. The van der Waals surface area contributed by atoms with E-state index < -0.39 is 53.2 Å². The van der Waals surface area contributed by atoms with Crippen molar-refractivity contribution in [3.8, 4) is 5.75 Å². The summed E-state index contributed by atoms with van der Waals surface area (Å²) in [5.41, 5.74) is -2.03. The van der Waals surface area contributed by atoms with Crippen LogP contribution in [0.5, 0.6) is 5.75 Å². The molecular weight excluding hydrogens is 502 g/mol. The molecule has 1 aromatic carbocycles. The molecule has 218 valence electrons. The van der Waals surface area contributed by atoms with E-state index in [-0.39, 0.29) is 19.6 Å². The number of nitrogens with zero attached hydrogens (tertiary/aromatic N) is 1. The van der Waals surface area contributed by atoms with Gasteiger partial charge in [-0.25, -0.2) is 4.79 Å². The molecule has 0 spiro atoms. The number of benzene rings is 1. The molecule has 0 aliphatic carbocycles. The normalized spacial score (nSPS) is 27.6. The van der Waals surface area contributed by atoms with E-state index >= 15 is 0 Å². The van der Waals surface area contributed by atoms with Crippen LogP contribution < -0.4 is 4.74 Å². The molecule has 0 aromatic heterocycles. The molecule has 9 nitrogen and oxygen atoms in total. The average Bonchev–Trinajstić information content (AvgIpc) is 3.30. The largest absolute Gasteiger partial charge is 0.497 e. The first-order chi connectivity index (χ1) is 18.1. The van der Waals surface area contributed by atoms with E-state index in [0.717, 1.165) is 11.3 Å². The lowest BCUT2D eigenvalue weighted by molar-refractivity contribution is -0.183. The highest BCUT2D eigenvalue weighted by molar-refractivity contribution is 5.69. The van der Waals surface area contributed by atoms with Gasteiger partial charge in [-0.2, -0.15) is 0 Å². The highest BCUT2D eigenvalue weighted by atomic mass is 16.8. The fourth-order valence-corrected chi connectivity index (χ4v) is 5.27. The van der Waals surface area contributed by atoms with E-state index in [4.69, 9.17) is 28.4 Å². The zero-order valence-corrected chi connectivity index (χ0v) is 24.6. The van der Waals surface area contributed by atoms with Gasteiger partial charge in [0.1, 0.15) is 41.0 Å². The molecule has 39 heavy (non-hydrogen) atoms. The molecule has 5 atom stereocenters. The number of methoxy groups -OCH3 is 1. The molecule has 1 aromatic rings. The number of ether oxygens (including phenoxy) is 6. The van der Waals surface area contributed by atoms with E-state index in [1.807, 2.05) is 58.9 Å². The highest BCUT2D eigenvalue weighted by Crippen LogP contribution is 2.47. The first-order valence-corrected chi connectivity index (χ1v) is 13.3. The van der Waals surface area contributed by atoms with Crippen LogP contribution in [0.25, 0.3) is 0 Å². The second kappa shape index (κ2) is 11.6. The number of aliphatic hydroxyl groups is 1. The molecule has 1 N–H and O–H groups in total. The van der Waals surface area contributed by atoms with Gasteiger partial charge in [0.05, 0.1) is 26.4 Å². The predicted octanol–water partition coefficient (Wildman–Crippen LogP) is 4.97. The Hall–Kier alpha value is -2.43. The summed E-state index contributed by atoms with van der Waals surface area (Å²) in [6.07, 6.45) is 0.135. The minimum absolute atomic E-state index is 0.174. The Morgan fingerprint density at radius 2 is 1.82 bits per heavy atom. The summed E-state index contributed by atoms with van der Waals surface area (Å²) in [4.78, 5) is 14.9. The highest BCUT2D eigenvalue weighted by Gasteiger charge is 2.62. The number of carbonyl (C=O) groups excluding carboxylic acids is 1. The third-order valence-electron chi connectivity index (χ3n) is 6.90. The lowest BCUT2D eigenvalue weighted by atomic mass is 9.81. The maximum atomic E-state index is 13.3. The molecule has 2 aliphatic heterocycles. The van der Waals surface area contributed by atoms with Gasteiger partial charge in [0.2, 0.25) is 0 Å². The SMILES string of the molecule is C=C[C@@H](O)[C@@]1(C[C@H]2COC(C)(C)N2C(=O)OC(C)(C)C)OC(C)(C)O[C@H]1[C@@H](C=C)OCc1ccc(OC)cc1. The van der Waals surface area contributed by atoms with Crippen molar-refractivity contribution in [1.82, 2.24) is 4.90 Å². The molecule has 9 heteroatoms. The standard InChI is InChI=1S/C30H45NO8/c1-11-23(35-18-20-13-15-22(34-10)16-14-20)25-30(24(32)12-2,39-29(8,9)37-25)17-21-19-36-28(6,7)31(21)26(33)38-27(3,4)5/h11-16,21,23-25,32H,1-2,17-19H2,3-10H3/t21-,23+,24+,25-,30+/m0/s1. The van der Waals surface area contributed by atoms with Gasteiger partial charge in [-0.1, -0.05) is 24.3 Å². The van der Waals surface area contributed by atoms with Crippen LogP contribution in [0.2, 0.25) is 0 Å². The van der Waals surface area contributed by atoms with Gasteiger partial charge < -0.3 is 33.5 Å². The summed E-state index contributed by atoms with van der Waals surface area (Å²) in [7, 11) is 1.61. The van der Waals surface area contributed by atoms with Crippen LogP contribution in [0.3, 0.4) is 0 Å². The molecule has 1 amide bonds. The Labute approximate surface area is 232 Å². The predicted molar refractivity (Wildman–Crippen MR) is 147 cm³/mol. The molecular formula is C30H45NO8. The fraction of sp³-hybridized carbons (Fsp3) is 0.633. The van der Waals surface area contributed by atoms with Crippen LogP contribution >= 0.6 is 0 Å². The Kier molecular flexibility index (Phi) is 9.24.